The van der Waals surface area contributed by atoms with Crippen LogP contribution >= 0.6 is 0 Å². The number of imidazole rings is 1. The summed E-state index contributed by atoms with van der Waals surface area (Å²) in [7, 11) is 3.20. The van der Waals surface area contributed by atoms with Crippen molar-refractivity contribution in [3.8, 4) is 29.4 Å². The number of benzene rings is 1. The Morgan fingerprint density at radius 1 is 1.17 bits per heavy atom. The van der Waals surface area contributed by atoms with Crippen LogP contribution in [-0.2, 0) is 13.6 Å². The highest BCUT2D eigenvalue weighted by Gasteiger charge is 2.23. The summed E-state index contributed by atoms with van der Waals surface area (Å²) in [6.07, 6.45) is 0. The highest BCUT2D eigenvalue weighted by atomic mass is 16.5. The van der Waals surface area contributed by atoms with Gasteiger partial charge in [-0.05, 0) is 19.1 Å². The molecule has 1 aliphatic heterocycles. The van der Waals surface area contributed by atoms with Gasteiger partial charge in [-0.25, -0.2) is 0 Å². The average Bonchev–Trinajstić information content (AvgIpc) is 3.15. The van der Waals surface area contributed by atoms with Crippen LogP contribution in [-0.4, -0.2) is 52.4 Å². The van der Waals surface area contributed by atoms with Gasteiger partial charge in [0.1, 0.15) is 0 Å². The van der Waals surface area contributed by atoms with E-state index in [1.54, 1.807) is 33.2 Å². The van der Waals surface area contributed by atoms with Crippen molar-refractivity contribution in [3.63, 3.8) is 0 Å². The lowest BCUT2D eigenvalue weighted by Crippen LogP contribution is -2.44. The number of nitrogens with one attached hydrogen (secondary N) is 1. The first-order valence-electron chi connectivity index (χ1n) is 9.77. The Morgan fingerprint density at radius 2 is 1.90 bits per heavy atom. The Labute approximate surface area is 174 Å². The van der Waals surface area contributed by atoms with Crippen molar-refractivity contribution in [1.29, 1.82) is 0 Å². The maximum Gasteiger partial charge on any atom is 0.306 e. The van der Waals surface area contributed by atoms with E-state index in [1.165, 1.54) is 4.57 Å². The number of aromatic nitrogens is 4. The molecule has 2 aromatic heterocycles. The molecule has 1 N–H and O–H groups in total. The van der Waals surface area contributed by atoms with Gasteiger partial charge in [-0.2, -0.15) is 9.97 Å². The lowest BCUT2D eigenvalue weighted by Gasteiger charge is -2.28. The normalized spacial score (nSPS) is 13.8. The van der Waals surface area contributed by atoms with Crippen LogP contribution in [0.4, 0.5) is 5.95 Å². The minimum absolute atomic E-state index is 0.148. The summed E-state index contributed by atoms with van der Waals surface area (Å²) in [6.45, 7) is 5.46. The molecule has 1 aromatic carbocycles. The Kier molecular flexibility index (Phi) is 5.59. The predicted octanol–water partition coefficient (Wildman–Crippen LogP) is 1.36. The molecular weight excluding hydrogens is 384 g/mol. The third-order valence-corrected chi connectivity index (χ3v) is 5.01. The summed E-state index contributed by atoms with van der Waals surface area (Å²) in [5, 5.41) is 3.33. The number of para-hydroxylation sites is 2. The van der Waals surface area contributed by atoms with Gasteiger partial charge in [-0.3, -0.25) is 13.9 Å². The molecule has 9 heteroatoms. The quantitative estimate of drug-likeness (QED) is 0.638. The van der Waals surface area contributed by atoms with Crippen LogP contribution in [0.3, 0.4) is 0 Å². The summed E-state index contributed by atoms with van der Waals surface area (Å²) in [5.74, 6) is 7.67. The van der Waals surface area contributed by atoms with Crippen LogP contribution in [0.15, 0.2) is 29.1 Å². The molecule has 156 valence electrons. The lowest BCUT2D eigenvalue weighted by atomic mass is 10.3. The Bertz CT molecular complexity index is 1180. The van der Waals surface area contributed by atoms with E-state index < -0.39 is 0 Å². The van der Waals surface area contributed by atoms with E-state index >= 15 is 0 Å². The smallest absolute Gasteiger partial charge is 0.306 e. The van der Waals surface area contributed by atoms with Gasteiger partial charge in [0.25, 0.3) is 5.56 Å². The molecule has 3 heterocycles. The van der Waals surface area contributed by atoms with Crippen molar-refractivity contribution >= 4 is 17.1 Å². The SMILES string of the molecule is CC#CCn1c(N2CCNCC2)nc2nc(Oc3ccccc3OC)n(C)c(=O)c21. The van der Waals surface area contributed by atoms with Crippen molar-refractivity contribution in [3.05, 3.63) is 34.6 Å². The highest BCUT2D eigenvalue weighted by Crippen LogP contribution is 2.30. The van der Waals surface area contributed by atoms with Crippen molar-refractivity contribution in [2.24, 2.45) is 7.05 Å². The molecule has 0 amide bonds. The molecule has 9 nitrogen and oxygen atoms in total. The standard InChI is InChI=1S/C21H24N6O3/c1-4-5-12-27-17-18(23-20(27)26-13-10-22-11-14-26)24-21(25(2)19(17)28)30-16-9-7-6-8-15(16)29-3/h6-9,22H,10-14H2,1-3H3. The third-order valence-electron chi connectivity index (χ3n) is 5.01. The topological polar surface area (TPSA) is 86.4 Å². The van der Waals surface area contributed by atoms with E-state index in [9.17, 15) is 4.79 Å². The van der Waals surface area contributed by atoms with Gasteiger partial charge in [0.05, 0.1) is 13.7 Å². The van der Waals surface area contributed by atoms with Gasteiger partial charge in [0.15, 0.2) is 22.7 Å². The second kappa shape index (κ2) is 8.47. The van der Waals surface area contributed by atoms with Crippen LogP contribution in [0.2, 0.25) is 0 Å². The van der Waals surface area contributed by atoms with E-state index in [0.717, 1.165) is 26.2 Å². The van der Waals surface area contributed by atoms with Gasteiger partial charge < -0.3 is 19.7 Å². The number of hydrogen-bond acceptors (Lipinski definition) is 7. The monoisotopic (exact) mass is 408 g/mol. The predicted molar refractivity (Wildman–Crippen MR) is 114 cm³/mol. The minimum Gasteiger partial charge on any atom is -0.493 e. The van der Waals surface area contributed by atoms with Crippen LogP contribution in [0.1, 0.15) is 6.92 Å². The number of piperazine rings is 1. The Balaban J connectivity index is 1.84. The molecule has 0 bridgehead atoms. The first-order chi connectivity index (χ1) is 14.6. The molecule has 0 spiro atoms. The Hall–Kier alpha value is -3.51. The summed E-state index contributed by atoms with van der Waals surface area (Å²) in [4.78, 5) is 24.6. The number of anilines is 1. The molecule has 1 aliphatic rings. The molecule has 0 saturated carbocycles. The second-order valence-electron chi connectivity index (χ2n) is 6.85. The van der Waals surface area contributed by atoms with Crippen molar-refractivity contribution < 1.29 is 9.47 Å². The molecule has 0 aliphatic carbocycles. The molecule has 1 saturated heterocycles. The van der Waals surface area contributed by atoms with Gasteiger partial charge >= 0.3 is 6.01 Å². The van der Waals surface area contributed by atoms with E-state index in [4.69, 9.17) is 14.5 Å². The summed E-state index contributed by atoms with van der Waals surface area (Å²) >= 11 is 0. The molecular formula is C21H24N6O3. The maximum absolute atomic E-state index is 13.2. The number of fused-ring (bicyclic) bond motifs is 1. The zero-order chi connectivity index (χ0) is 21.1. The summed E-state index contributed by atoms with van der Waals surface area (Å²) < 4.78 is 14.5. The van der Waals surface area contributed by atoms with Gasteiger partial charge in [-0.1, -0.05) is 18.1 Å². The third kappa shape index (κ3) is 3.57. The molecule has 0 radical (unpaired) electrons. The van der Waals surface area contributed by atoms with Crippen LogP contribution in [0, 0.1) is 11.8 Å². The van der Waals surface area contributed by atoms with E-state index in [-0.39, 0.29) is 11.6 Å². The number of ether oxygens (including phenoxy) is 2. The fraction of sp³-hybridized carbons (Fsp3) is 0.381. The molecule has 0 atom stereocenters. The molecule has 3 aromatic rings. The fourth-order valence-corrected chi connectivity index (χ4v) is 3.44. The first-order valence-corrected chi connectivity index (χ1v) is 9.77. The van der Waals surface area contributed by atoms with Crippen molar-refractivity contribution in [2.45, 2.75) is 13.5 Å². The lowest BCUT2D eigenvalue weighted by molar-refractivity contribution is 0.359. The van der Waals surface area contributed by atoms with Crippen molar-refractivity contribution in [2.75, 3.05) is 38.2 Å². The number of rotatable bonds is 5. The van der Waals surface area contributed by atoms with E-state index in [0.29, 0.717) is 35.2 Å². The molecule has 1 fully saturated rings. The molecule has 4 rings (SSSR count). The average molecular weight is 408 g/mol. The van der Waals surface area contributed by atoms with Crippen LogP contribution < -0.4 is 25.2 Å². The minimum atomic E-state index is -0.239. The summed E-state index contributed by atoms with van der Waals surface area (Å²) in [5.41, 5.74) is 0.521. The second-order valence-corrected chi connectivity index (χ2v) is 6.85. The van der Waals surface area contributed by atoms with Crippen molar-refractivity contribution in [1.82, 2.24) is 24.4 Å². The van der Waals surface area contributed by atoms with Gasteiger partial charge in [0.2, 0.25) is 5.95 Å². The van der Waals surface area contributed by atoms with Crippen LogP contribution in [0.25, 0.3) is 11.2 Å². The maximum atomic E-state index is 13.2. The van der Waals surface area contributed by atoms with E-state index in [1.807, 2.05) is 16.7 Å². The fourth-order valence-electron chi connectivity index (χ4n) is 3.44. The highest BCUT2D eigenvalue weighted by molar-refractivity contribution is 5.75. The zero-order valence-electron chi connectivity index (χ0n) is 17.3. The zero-order valence-corrected chi connectivity index (χ0v) is 17.3. The van der Waals surface area contributed by atoms with E-state index in [2.05, 4.69) is 27.0 Å². The largest absolute Gasteiger partial charge is 0.493 e. The number of methoxy groups -OCH3 is 1. The molecule has 0 unspecified atom stereocenters. The first kappa shape index (κ1) is 19.8. The summed E-state index contributed by atoms with van der Waals surface area (Å²) in [6, 6.07) is 7.37. The van der Waals surface area contributed by atoms with Crippen LogP contribution in [0.5, 0.6) is 17.5 Å². The van der Waals surface area contributed by atoms with Gasteiger partial charge in [0, 0.05) is 33.2 Å². The number of hydrogen-bond donors (Lipinski definition) is 1. The van der Waals surface area contributed by atoms with Gasteiger partial charge in [-0.15, -0.1) is 5.92 Å². The Morgan fingerprint density at radius 3 is 2.60 bits per heavy atom. The number of nitrogens with zero attached hydrogens (tertiary/aromatic N) is 5. The molecule has 30 heavy (non-hydrogen) atoms.